The molecule has 3 N–H and O–H groups in total. The van der Waals surface area contributed by atoms with Gasteiger partial charge in [-0.15, -0.1) is 13.2 Å². The average Bonchev–Trinajstić information content (AvgIpc) is 2.73. The highest BCUT2D eigenvalue weighted by Gasteiger charge is 2.35. The van der Waals surface area contributed by atoms with E-state index in [1.54, 1.807) is 0 Å². The molecule has 0 unspecified atom stereocenters. The number of hydrogen-bond acceptors (Lipinski definition) is 6. The minimum Gasteiger partial charge on any atom is -0.406 e. The Kier molecular flexibility index (Phi) is 7.44. The molecule has 0 aliphatic heterocycles. The molecule has 0 bridgehead atoms. The molecule has 3 rings (SSSR count). The predicted molar refractivity (Wildman–Crippen MR) is 109 cm³/mol. The van der Waals surface area contributed by atoms with E-state index >= 15 is 0 Å². The van der Waals surface area contributed by atoms with Crippen LogP contribution in [-0.4, -0.2) is 34.6 Å². The van der Waals surface area contributed by atoms with Crippen molar-refractivity contribution in [2.45, 2.75) is 19.0 Å². The number of aliphatic hydroxyl groups is 1. The van der Waals surface area contributed by atoms with Crippen molar-refractivity contribution in [3.8, 4) is 17.0 Å². The standard InChI is InChI=1S/C21H17F7N4O2/c22-15-7-2-6-14(20(23,24)25)18(15)31-17-11-16(30-19(32-17)29-8-3-9-33)12-4-1-5-13(10-12)34-21(26,27)28/h1-2,4-7,10-11,33H,3,8-9H2,(H2,29,30,31,32). The Hall–Kier alpha value is -3.61. The summed E-state index contributed by atoms with van der Waals surface area (Å²) in [4.78, 5) is 8.16. The maximum atomic E-state index is 14.3. The summed E-state index contributed by atoms with van der Waals surface area (Å²) in [6.45, 7) is 0.0168. The van der Waals surface area contributed by atoms with E-state index in [0.29, 0.717) is 6.07 Å². The van der Waals surface area contributed by atoms with Gasteiger partial charge in [0.1, 0.15) is 17.4 Å². The number of para-hydroxylation sites is 1. The maximum Gasteiger partial charge on any atom is 0.573 e. The fourth-order valence-corrected chi connectivity index (χ4v) is 2.89. The highest BCUT2D eigenvalue weighted by atomic mass is 19.4. The molecular weight excluding hydrogens is 473 g/mol. The lowest BCUT2D eigenvalue weighted by Crippen LogP contribution is -2.17. The summed E-state index contributed by atoms with van der Waals surface area (Å²) in [5.74, 6) is -2.10. The van der Waals surface area contributed by atoms with Crippen LogP contribution >= 0.6 is 0 Å². The summed E-state index contributed by atoms with van der Waals surface area (Å²) in [7, 11) is 0. The number of nitrogens with zero attached hydrogens (tertiary/aromatic N) is 2. The topological polar surface area (TPSA) is 79.3 Å². The van der Waals surface area contributed by atoms with Gasteiger partial charge in [-0.05, 0) is 30.7 Å². The fourth-order valence-electron chi connectivity index (χ4n) is 2.89. The van der Waals surface area contributed by atoms with Gasteiger partial charge in [-0.1, -0.05) is 18.2 Å². The Bertz CT molecular complexity index is 1140. The molecule has 3 aromatic rings. The second-order valence-electron chi connectivity index (χ2n) is 6.83. The van der Waals surface area contributed by atoms with Crippen molar-refractivity contribution in [1.29, 1.82) is 0 Å². The molecule has 0 atom stereocenters. The van der Waals surface area contributed by atoms with Gasteiger partial charge in [-0.3, -0.25) is 0 Å². The Labute approximate surface area is 188 Å². The first kappa shape index (κ1) is 25.0. The molecule has 0 aliphatic carbocycles. The third-order valence-corrected chi connectivity index (χ3v) is 4.28. The zero-order valence-corrected chi connectivity index (χ0v) is 17.1. The number of rotatable bonds is 8. The van der Waals surface area contributed by atoms with Crippen molar-refractivity contribution in [1.82, 2.24) is 9.97 Å². The minimum absolute atomic E-state index is 0.0153. The molecule has 0 spiro atoms. The number of aromatic nitrogens is 2. The first-order chi connectivity index (χ1) is 16.0. The molecule has 182 valence electrons. The first-order valence-electron chi connectivity index (χ1n) is 9.69. The van der Waals surface area contributed by atoms with Gasteiger partial charge in [-0.2, -0.15) is 18.2 Å². The molecule has 0 amide bonds. The number of nitrogens with one attached hydrogen (secondary N) is 2. The van der Waals surface area contributed by atoms with Crippen LogP contribution in [0.1, 0.15) is 12.0 Å². The van der Waals surface area contributed by atoms with Crippen molar-refractivity contribution >= 4 is 17.5 Å². The molecule has 0 radical (unpaired) electrons. The van der Waals surface area contributed by atoms with Crippen molar-refractivity contribution < 1.29 is 40.6 Å². The number of benzene rings is 2. The second kappa shape index (κ2) is 10.1. The maximum absolute atomic E-state index is 14.3. The predicted octanol–water partition coefficient (Wildman–Crippen LogP) is 5.74. The highest BCUT2D eigenvalue weighted by molar-refractivity contribution is 5.70. The normalized spacial score (nSPS) is 11.9. The first-order valence-corrected chi connectivity index (χ1v) is 9.69. The summed E-state index contributed by atoms with van der Waals surface area (Å²) in [6.07, 6.45) is -9.52. The number of aliphatic hydroxyl groups excluding tert-OH is 1. The van der Waals surface area contributed by atoms with E-state index in [1.807, 2.05) is 0 Å². The van der Waals surface area contributed by atoms with Gasteiger partial charge >= 0.3 is 12.5 Å². The monoisotopic (exact) mass is 490 g/mol. The molecule has 1 aromatic heterocycles. The molecule has 6 nitrogen and oxygen atoms in total. The Morgan fingerprint density at radius 2 is 1.68 bits per heavy atom. The lowest BCUT2D eigenvalue weighted by atomic mass is 10.1. The van der Waals surface area contributed by atoms with Crippen LogP contribution in [0.4, 0.5) is 48.2 Å². The molecule has 2 aromatic carbocycles. The lowest BCUT2D eigenvalue weighted by Gasteiger charge is -2.16. The van der Waals surface area contributed by atoms with Gasteiger partial charge in [0.05, 0.1) is 16.9 Å². The second-order valence-corrected chi connectivity index (χ2v) is 6.83. The number of halogens is 7. The van der Waals surface area contributed by atoms with Crippen LogP contribution in [0.15, 0.2) is 48.5 Å². The summed E-state index contributed by atoms with van der Waals surface area (Å²) >= 11 is 0. The van der Waals surface area contributed by atoms with Gasteiger partial charge in [0.25, 0.3) is 0 Å². The summed E-state index contributed by atoms with van der Waals surface area (Å²) in [6, 6.07) is 8.33. The Morgan fingerprint density at radius 3 is 2.35 bits per heavy atom. The molecule has 0 fully saturated rings. The molecule has 0 saturated heterocycles. The van der Waals surface area contributed by atoms with Crippen LogP contribution in [0.25, 0.3) is 11.3 Å². The number of ether oxygens (including phenoxy) is 1. The van der Waals surface area contributed by atoms with Crippen LogP contribution < -0.4 is 15.4 Å². The Morgan fingerprint density at radius 1 is 0.941 bits per heavy atom. The molecule has 0 aliphatic rings. The zero-order chi connectivity index (χ0) is 24.9. The van der Waals surface area contributed by atoms with Crippen LogP contribution in [0.3, 0.4) is 0 Å². The highest BCUT2D eigenvalue weighted by Crippen LogP contribution is 2.38. The van der Waals surface area contributed by atoms with E-state index in [-0.39, 0.29) is 42.6 Å². The largest absolute Gasteiger partial charge is 0.573 e. The van der Waals surface area contributed by atoms with Crippen LogP contribution in [0.2, 0.25) is 0 Å². The fraction of sp³-hybridized carbons (Fsp3) is 0.238. The van der Waals surface area contributed by atoms with Crippen molar-refractivity contribution in [2.75, 3.05) is 23.8 Å². The van der Waals surface area contributed by atoms with E-state index in [9.17, 15) is 30.7 Å². The summed E-state index contributed by atoms with van der Waals surface area (Å²) in [5, 5.41) is 14.0. The van der Waals surface area contributed by atoms with Crippen molar-refractivity contribution in [2.24, 2.45) is 0 Å². The van der Waals surface area contributed by atoms with Crippen LogP contribution in [0.5, 0.6) is 5.75 Å². The van der Waals surface area contributed by atoms with Gasteiger partial charge in [-0.25, -0.2) is 9.37 Å². The van der Waals surface area contributed by atoms with Crippen LogP contribution in [0, 0.1) is 5.82 Å². The van der Waals surface area contributed by atoms with Gasteiger partial charge in [0.2, 0.25) is 5.95 Å². The lowest BCUT2D eigenvalue weighted by molar-refractivity contribution is -0.274. The number of hydrogen-bond donors (Lipinski definition) is 3. The number of anilines is 3. The third kappa shape index (κ3) is 6.70. The Balaban J connectivity index is 2.04. The molecule has 13 heteroatoms. The smallest absolute Gasteiger partial charge is 0.406 e. The SMILES string of the molecule is OCCCNc1nc(Nc2c(F)cccc2C(F)(F)F)cc(-c2cccc(OC(F)(F)F)c2)n1. The third-order valence-electron chi connectivity index (χ3n) is 4.28. The molecule has 1 heterocycles. The number of alkyl halides is 6. The van der Waals surface area contributed by atoms with Gasteiger partial charge in [0.15, 0.2) is 0 Å². The van der Waals surface area contributed by atoms with Gasteiger partial charge < -0.3 is 20.5 Å². The molecular formula is C21H17F7N4O2. The average molecular weight is 490 g/mol. The van der Waals surface area contributed by atoms with E-state index in [0.717, 1.165) is 30.3 Å². The van der Waals surface area contributed by atoms with E-state index in [4.69, 9.17) is 5.11 Å². The molecule has 0 saturated carbocycles. The van der Waals surface area contributed by atoms with Crippen molar-refractivity contribution in [3.05, 3.63) is 59.9 Å². The van der Waals surface area contributed by atoms with Crippen LogP contribution in [-0.2, 0) is 6.18 Å². The minimum atomic E-state index is -4.94. The van der Waals surface area contributed by atoms with E-state index in [2.05, 4.69) is 25.3 Å². The molecule has 34 heavy (non-hydrogen) atoms. The zero-order valence-electron chi connectivity index (χ0n) is 17.1. The quantitative estimate of drug-likeness (QED) is 0.276. The summed E-state index contributed by atoms with van der Waals surface area (Å²) in [5.41, 5.74) is -2.01. The van der Waals surface area contributed by atoms with Gasteiger partial charge in [0, 0.05) is 24.8 Å². The van der Waals surface area contributed by atoms with E-state index in [1.165, 1.54) is 12.1 Å². The summed E-state index contributed by atoms with van der Waals surface area (Å²) < 4.78 is 96.0. The van der Waals surface area contributed by atoms with Crippen molar-refractivity contribution in [3.63, 3.8) is 0 Å². The van der Waals surface area contributed by atoms with E-state index < -0.39 is 35.4 Å².